The Labute approximate surface area is 182 Å². The van der Waals surface area contributed by atoms with Crippen LogP contribution < -0.4 is 4.74 Å². The van der Waals surface area contributed by atoms with Crippen LogP contribution in [0.25, 0.3) is 11.3 Å². The smallest absolute Gasteiger partial charge is 0.434 e. The van der Waals surface area contributed by atoms with E-state index in [9.17, 15) is 18.0 Å². The van der Waals surface area contributed by atoms with E-state index in [4.69, 9.17) is 4.74 Å². The van der Waals surface area contributed by atoms with Crippen molar-refractivity contribution >= 4 is 5.91 Å². The van der Waals surface area contributed by atoms with Gasteiger partial charge in [-0.15, -0.1) is 0 Å². The van der Waals surface area contributed by atoms with Crippen molar-refractivity contribution in [1.29, 1.82) is 0 Å². The number of aromatic amines is 1. The highest BCUT2D eigenvalue weighted by Gasteiger charge is 2.50. The molecule has 2 aromatic heterocycles. The second-order valence-electron chi connectivity index (χ2n) is 8.22. The van der Waals surface area contributed by atoms with Gasteiger partial charge in [0.15, 0.2) is 5.69 Å². The molecule has 4 heterocycles. The largest absolute Gasteiger partial charge is 0.471 e. The molecule has 2 bridgehead atoms. The third-order valence-corrected chi connectivity index (χ3v) is 6.28. The summed E-state index contributed by atoms with van der Waals surface area (Å²) in [6, 6.07) is 9.38. The lowest BCUT2D eigenvalue weighted by Crippen LogP contribution is -2.39. The Morgan fingerprint density at radius 3 is 2.69 bits per heavy atom. The van der Waals surface area contributed by atoms with Crippen molar-refractivity contribution in [3.63, 3.8) is 0 Å². The van der Waals surface area contributed by atoms with Gasteiger partial charge in [0.2, 0.25) is 5.88 Å². The number of hydrogen-bond donors (Lipinski definition) is 1. The van der Waals surface area contributed by atoms with Crippen LogP contribution in [0.5, 0.6) is 5.88 Å². The summed E-state index contributed by atoms with van der Waals surface area (Å²) in [6.07, 6.45) is 0.866. The van der Waals surface area contributed by atoms with E-state index in [-0.39, 0.29) is 30.0 Å². The first-order valence-corrected chi connectivity index (χ1v) is 10.4. The normalized spacial score (nSPS) is 22.4. The number of amides is 1. The second-order valence-corrected chi connectivity index (χ2v) is 8.22. The molecule has 0 spiro atoms. The number of aromatic nitrogens is 3. The SMILES string of the molecule is Cc1cccc(C(=O)N2[C@@H]3CC[C@H]2[C@H](Oc2cnc(C(F)(F)F)cn2)C3)c1-c1ccc[nH]1. The lowest BCUT2D eigenvalue weighted by molar-refractivity contribution is -0.141. The third kappa shape index (κ3) is 3.51. The molecule has 3 aromatic rings. The molecular formula is C23H21F3N4O2. The molecule has 1 amide bonds. The fourth-order valence-corrected chi connectivity index (χ4v) is 4.88. The van der Waals surface area contributed by atoms with Gasteiger partial charge in [0.1, 0.15) is 6.10 Å². The van der Waals surface area contributed by atoms with E-state index in [0.29, 0.717) is 18.2 Å². The first kappa shape index (κ1) is 20.5. The van der Waals surface area contributed by atoms with Crippen LogP contribution in [0, 0.1) is 6.92 Å². The molecule has 2 aliphatic rings. The molecule has 5 rings (SSSR count). The standard InChI is InChI=1S/C23H21F3N4O2/c1-13-4-2-5-15(21(13)16-6-3-9-27-16)22(31)30-14-7-8-17(30)18(10-14)32-20-12-28-19(11-29-20)23(24,25)26/h2-6,9,11-12,14,17-18,27H,7-8,10H2,1H3/t14-,17+,18-/m1/s1. The number of benzene rings is 1. The summed E-state index contributed by atoms with van der Waals surface area (Å²) in [5.74, 6) is -0.0269. The fourth-order valence-electron chi connectivity index (χ4n) is 4.88. The number of alkyl halides is 3. The number of hydrogen-bond acceptors (Lipinski definition) is 4. The van der Waals surface area contributed by atoms with E-state index in [1.54, 1.807) is 0 Å². The number of rotatable bonds is 4. The summed E-state index contributed by atoms with van der Waals surface area (Å²) in [6.45, 7) is 1.97. The van der Waals surface area contributed by atoms with Crippen molar-refractivity contribution < 1.29 is 22.7 Å². The van der Waals surface area contributed by atoms with Crippen LogP contribution >= 0.6 is 0 Å². The third-order valence-electron chi connectivity index (χ3n) is 6.28. The molecule has 1 aromatic carbocycles. The molecule has 2 saturated heterocycles. The number of aryl methyl sites for hydroxylation is 1. The van der Waals surface area contributed by atoms with E-state index >= 15 is 0 Å². The van der Waals surface area contributed by atoms with Crippen LogP contribution in [-0.2, 0) is 6.18 Å². The van der Waals surface area contributed by atoms with E-state index < -0.39 is 11.9 Å². The lowest BCUT2D eigenvalue weighted by Gasteiger charge is -2.25. The topological polar surface area (TPSA) is 71.1 Å². The predicted octanol–water partition coefficient (Wildman–Crippen LogP) is 4.62. The van der Waals surface area contributed by atoms with Crippen LogP contribution in [0.1, 0.15) is 40.9 Å². The zero-order valence-electron chi connectivity index (χ0n) is 17.3. The second kappa shape index (κ2) is 7.65. The van der Waals surface area contributed by atoms with Crippen LogP contribution in [0.4, 0.5) is 13.2 Å². The summed E-state index contributed by atoms with van der Waals surface area (Å²) >= 11 is 0. The van der Waals surface area contributed by atoms with Crippen molar-refractivity contribution in [1.82, 2.24) is 19.9 Å². The Balaban J connectivity index is 1.38. The van der Waals surface area contributed by atoms with Crippen molar-refractivity contribution in [3.05, 3.63) is 65.7 Å². The Morgan fingerprint density at radius 2 is 2.00 bits per heavy atom. The molecule has 2 fully saturated rings. The van der Waals surface area contributed by atoms with Gasteiger partial charge in [-0.1, -0.05) is 12.1 Å². The lowest BCUT2D eigenvalue weighted by atomic mass is 9.98. The van der Waals surface area contributed by atoms with Crippen LogP contribution in [0.15, 0.2) is 48.9 Å². The minimum Gasteiger partial charge on any atom is -0.471 e. The predicted molar refractivity (Wildman–Crippen MR) is 110 cm³/mol. The number of ether oxygens (including phenoxy) is 1. The summed E-state index contributed by atoms with van der Waals surface area (Å²) in [5.41, 5.74) is 2.31. The summed E-state index contributed by atoms with van der Waals surface area (Å²) < 4.78 is 44.0. The highest BCUT2D eigenvalue weighted by molar-refractivity contribution is 6.02. The van der Waals surface area contributed by atoms with Gasteiger partial charge in [-0.05, 0) is 43.5 Å². The Morgan fingerprint density at radius 1 is 1.16 bits per heavy atom. The number of nitrogens with zero attached hydrogens (tertiary/aromatic N) is 3. The van der Waals surface area contributed by atoms with E-state index in [2.05, 4.69) is 15.0 Å². The van der Waals surface area contributed by atoms with Crippen molar-refractivity contribution in [2.45, 2.75) is 50.6 Å². The monoisotopic (exact) mass is 442 g/mol. The molecule has 166 valence electrons. The number of nitrogens with one attached hydrogen (secondary N) is 1. The number of fused-ring (bicyclic) bond motifs is 2. The van der Waals surface area contributed by atoms with E-state index in [1.807, 2.05) is 48.4 Å². The molecule has 0 saturated carbocycles. The first-order valence-electron chi connectivity index (χ1n) is 10.4. The first-order chi connectivity index (χ1) is 15.3. The van der Waals surface area contributed by atoms with Crippen LogP contribution in [0.2, 0.25) is 0 Å². The molecule has 0 aliphatic carbocycles. The van der Waals surface area contributed by atoms with Gasteiger partial charge in [0.05, 0.1) is 18.4 Å². The Hall–Kier alpha value is -3.36. The molecule has 32 heavy (non-hydrogen) atoms. The summed E-state index contributed by atoms with van der Waals surface area (Å²) in [5, 5.41) is 0. The van der Waals surface area contributed by atoms with Gasteiger partial charge in [0, 0.05) is 35.5 Å². The van der Waals surface area contributed by atoms with Gasteiger partial charge in [0.25, 0.3) is 5.91 Å². The van der Waals surface area contributed by atoms with Crippen molar-refractivity contribution in [3.8, 4) is 17.1 Å². The zero-order chi connectivity index (χ0) is 22.5. The number of carbonyl (C=O) groups excluding carboxylic acids is 1. The summed E-state index contributed by atoms with van der Waals surface area (Å²) in [7, 11) is 0. The molecule has 6 nitrogen and oxygen atoms in total. The number of halogens is 3. The molecule has 1 N–H and O–H groups in total. The maximum Gasteiger partial charge on any atom is 0.434 e. The van der Waals surface area contributed by atoms with E-state index in [1.165, 1.54) is 0 Å². The number of H-pyrrole nitrogens is 1. The highest BCUT2D eigenvalue weighted by Crippen LogP contribution is 2.41. The average molecular weight is 442 g/mol. The van der Waals surface area contributed by atoms with Gasteiger partial charge in [-0.3, -0.25) is 4.79 Å². The molecular weight excluding hydrogens is 421 g/mol. The molecule has 2 aliphatic heterocycles. The molecule has 9 heteroatoms. The maximum atomic E-state index is 13.6. The maximum absolute atomic E-state index is 13.6. The van der Waals surface area contributed by atoms with Gasteiger partial charge in [-0.2, -0.15) is 13.2 Å². The fraction of sp³-hybridized carbons (Fsp3) is 0.348. The minimum atomic E-state index is -4.55. The van der Waals surface area contributed by atoms with Gasteiger partial charge >= 0.3 is 6.18 Å². The average Bonchev–Trinajstić information content (AvgIpc) is 3.49. The quantitative estimate of drug-likeness (QED) is 0.640. The highest BCUT2D eigenvalue weighted by atomic mass is 19.4. The van der Waals surface area contributed by atoms with Crippen LogP contribution in [0.3, 0.4) is 0 Å². The van der Waals surface area contributed by atoms with E-state index in [0.717, 1.165) is 35.9 Å². The molecule has 3 atom stereocenters. The van der Waals surface area contributed by atoms with Gasteiger partial charge in [-0.25, -0.2) is 9.97 Å². The summed E-state index contributed by atoms with van der Waals surface area (Å²) in [4.78, 5) is 25.9. The minimum absolute atomic E-state index is 0.0249. The molecule has 0 radical (unpaired) electrons. The van der Waals surface area contributed by atoms with Crippen molar-refractivity contribution in [2.24, 2.45) is 0 Å². The number of carbonyl (C=O) groups is 1. The zero-order valence-corrected chi connectivity index (χ0v) is 17.3. The van der Waals surface area contributed by atoms with Crippen LogP contribution in [-0.4, -0.2) is 43.9 Å². The Kier molecular flexibility index (Phi) is 4.91. The van der Waals surface area contributed by atoms with Crippen molar-refractivity contribution in [2.75, 3.05) is 0 Å². The Bertz CT molecular complexity index is 1130. The van der Waals surface area contributed by atoms with Gasteiger partial charge < -0.3 is 14.6 Å². The molecule has 0 unspecified atom stereocenters.